The minimum atomic E-state index is -1.02. The zero-order valence-electron chi connectivity index (χ0n) is 15.1. The average molecular weight is 420 g/mol. The summed E-state index contributed by atoms with van der Waals surface area (Å²) in [4.78, 5) is 24.8. The van der Waals surface area contributed by atoms with E-state index >= 15 is 0 Å². The van der Waals surface area contributed by atoms with Gasteiger partial charge in [-0.3, -0.25) is 9.59 Å². The maximum atomic E-state index is 12.5. The van der Waals surface area contributed by atoms with Gasteiger partial charge in [0.05, 0.1) is 6.10 Å². The Kier molecular flexibility index (Phi) is 7.17. The van der Waals surface area contributed by atoms with Gasteiger partial charge < -0.3 is 15.7 Å². The van der Waals surface area contributed by atoms with Gasteiger partial charge in [0.1, 0.15) is 6.04 Å². The Labute approximate surface area is 162 Å². The average Bonchev–Trinajstić information content (AvgIpc) is 2.58. The minimum Gasteiger partial charge on any atom is -0.391 e. The monoisotopic (exact) mass is 419 g/mol. The molecule has 3 N–H and O–H groups in total. The third-order valence-corrected chi connectivity index (χ3v) is 4.44. The molecular weight excluding hydrogens is 396 g/mol. The predicted octanol–water partition coefficient (Wildman–Crippen LogP) is 3.41. The lowest BCUT2D eigenvalue weighted by molar-refractivity contribution is -0.124. The molecule has 2 aromatic carbocycles. The van der Waals surface area contributed by atoms with Crippen LogP contribution >= 0.6 is 15.9 Å². The Morgan fingerprint density at radius 3 is 2.42 bits per heavy atom. The number of nitrogens with one attached hydrogen (secondary N) is 2. The molecule has 6 heteroatoms. The highest BCUT2D eigenvalue weighted by Crippen LogP contribution is 2.21. The van der Waals surface area contributed by atoms with Crippen molar-refractivity contribution in [1.82, 2.24) is 10.6 Å². The number of hydrogen-bond donors (Lipinski definition) is 3. The van der Waals surface area contributed by atoms with Crippen molar-refractivity contribution in [3.05, 3.63) is 53.0 Å². The van der Waals surface area contributed by atoms with Crippen molar-refractivity contribution in [2.75, 3.05) is 0 Å². The molecular formula is C20H24BrN2O3. The summed E-state index contributed by atoms with van der Waals surface area (Å²) >= 11 is 3.42. The van der Waals surface area contributed by atoms with Crippen molar-refractivity contribution in [3.8, 4) is 0 Å². The van der Waals surface area contributed by atoms with E-state index in [1.807, 2.05) is 38.1 Å². The SMILES string of the molecule is CC(C)C[CH]NC(=O)[C@@H](NC(=O)c1ccc2cc(Br)ccc2c1)[C@@H](C)O. The summed E-state index contributed by atoms with van der Waals surface area (Å²) in [5.41, 5.74) is 0.435. The third kappa shape index (κ3) is 5.54. The second-order valence-electron chi connectivity index (χ2n) is 6.74. The summed E-state index contributed by atoms with van der Waals surface area (Å²) in [6.45, 7) is 7.21. The van der Waals surface area contributed by atoms with Gasteiger partial charge in [-0.25, -0.2) is 0 Å². The topological polar surface area (TPSA) is 78.4 Å². The molecule has 0 aliphatic carbocycles. The first kappa shape index (κ1) is 20.4. The fraction of sp³-hybridized carbons (Fsp3) is 0.350. The van der Waals surface area contributed by atoms with Gasteiger partial charge in [-0.2, -0.15) is 0 Å². The lowest BCUT2D eigenvalue weighted by atomic mass is 10.1. The highest BCUT2D eigenvalue weighted by Gasteiger charge is 2.26. The molecule has 0 unspecified atom stereocenters. The standard InChI is InChI=1S/C20H24BrN2O3/c1-12(2)8-9-22-20(26)18(13(3)24)23-19(25)16-5-4-15-11-17(21)7-6-14(15)10-16/h4-7,9-13,18,24H,8H2,1-3H3,(H,22,26)(H,23,25)/t13-,18+/m1/s1. The normalized spacial score (nSPS) is 13.5. The van der Waals surface area contributed by atoms with Crippen LogP contribution in [0.1, 0.15) is 37.6 Å². The first-order chi connectivity index (χ1) is 12.3. The lowest BCUT2D eigenvalue weighted by Gasteiger charge is -2.21. The van der Waals surface area contributed by atoms with E-state index in [0.29, 0.717) is 17.9 Å². The van der Waals surface area contributed by atoms with Gasteiger partial charge in [-0.15, -0.1) is 0 Å². The number of hydrogen-bond acceptors (Lipinski definition) is 3. The van der Waals surface area contributed by atoms with Crippen molar-refractivity contribution in [3.63, 3.8) is 0 Å². The molecule has 2 amide bonds. The quantitative estimate of drug-likeness (QED) is 0.643. The molecule has 0 heterocycles. The number of benzene rings is 2. The van der Waals surface area contributed by atoms with Crippen molar-refractivity contribution >= 4 is 38.5 Å². The summed E-state index contributed by atoms with van der Waals surface area (Å²) < 4.78 is 0.964. The Morgan fingerprint density at radius 1 is 1.12 bits per heavy atom. The highest BCUT2D eigenvalue weighted by molar-refractivity contribution is 9.10. The Hall–Kier alpha value is -1.92. The third-order valence-electron chi connectivity index (χ3n) is 3.95. The van der Waals surface area contributed by atoms with Crippen molar-refractivity contribution in [2.45, 2.75) is 39.3 Å². The number of aliphatic hydroxyl groups is 1. The van der Waals surface area contributed by atoms with Crippen LogP contribution in [0.15, 0.2) is 40.9 Å². The minimum absolute atomic E-state index is 0.403. The first-order valence-corrected chi connectivity index (χ1v) is 9.37. The van der Waals surface area contributed by atoms with Crippen LogP contribution in [0.4, 0.5) is 0 Å². The van der Waals surface area contributed by atoms with E-state index in [1.165, 1.54) is 6.92 Å². The van der Waals surface area contributed by atoms with Crippen molar-refractivity contribution in [1.29, 1.82) is 0 Å². The number of carbonyl (C=O) groups excluding carboxylic acids is 2. The highest BCUT2D eigenvalue weighted by atomic mass is 79.9. The second-order valence-corrected chi connectivity index (χ2v) is 7.66. The Morgan fingerprint density at radius 2 is 1.77 bits per heavy atom. The van der Waals surface area contributed by atoms with Gasteiger partial charge in [-0.05, 0) is 54.3 Å². The fourth-order valence-corrected chi connectivity index (χ4v) is 2.85. The molecule has 5 nitrogen and oxygen atoms in total. The molecule has 0 spiro atoms. The number of carbonyl (C=O) groups is 2. The molecule has 139 valence electrons. The van der Waals surface area contributed by atoms with Crippen LogP contribution in [0.5, 0.6) is 0 Å². The van der Waals surface area contributed by atoms with E-state index in [0.717, 1.165) is 15.2 Å². The number of halogens is 1. The summed E-state index contributed by atoms with van der Waals surface area (Å²) in [7, 11) is 0. The largest absolute Gasteiger partial charge is 0.391 e. The van der Waals surface area contributed by atoms with Crippen molar-refractivity contribution in [2.24, 2.45) is 5.92 Å². The van der Waals surface area contributed by atoms with Gasteiger partial charge in [0.25, 0.3) is 5.91 Å². The summed E-state index contributed by atoms with van der Waals surface area (Å²) in [5.74, 6) is -0.425. The van der Waals surface area contributed by atoms with E-state index in [2.05, 4.69) is 26.6 Å². The molecule has 1 radical (unpaired) electrons. The van der Waals surface area contributed by atoms with E-state index in [4.69, 9.17) is 0 Å². The predicted molar refractivity (Wildman–Crippen MR) is 106 cm³/mol. The fourth-order valence-electron chi connectivity index (χ4n) is 2.47. The van der Waals surface area contributed by atoms with Crippen LogP contribution < -0.4 is 10.6 Å². The van der Waals surface area contributed by atoms with E-state index < -0.39 is 24.0 Å². The Balaban J connectivity index is 2.09. The first-order valence-electron chi connectivity index (χ1n) is 8.58. The molecule has 0 fully saturated rings. The molecule has 0 saturated carbocycles. The zero-order chi connectivity index (χ0) is 19.3. The Bertz CT molecular complexity index is 790. The molecule has 0 aliphatic rings. The smallest absolute Gasteiger partial charge is 0.252 e. The molecule has 0 bridgehead atoms. The zero-order valence-corrected chi connectivity index (χ0v) is 16.7. The molecule has 2 atom stereocenters. The van der Waals surface area contributed by atoms with Crippen molar-refractivity contribution < 1.29 is 14.7 Å². The maximum Gasteiger partial charge on any atom is 0.252 e. The van der Waals surface area contributed by atoms with Crippen LogP contribution in [-0.2, 0) is 4.79 Å². The van der Waals surface area contributed by atoms with Gasteiger partial charge in [0.2, 0.25) is 5.91 Å². The molecule has 26 heavy (non-hydrogen) atoms. The summed E-state index contributed by atoms with van der Waals surface area (Å²) in [5, 5.41) is 17.1. The van der Waals surface area contributed by atoms with E-state index in [-0.39, 0.29) is 0 Å². The van der Waals surface area contributed by atoms with Gasteiger partial charge >= 0.3 is 0 Å². The van der Waals surface area contributed by atoms with E-state index in [9.17, 15) is 14.7 Å². The van der Waals surface area contributed by atoms with Crippen LogP contribution in [0.2, 0.25) is 0 Å². The molecule has 0 aliphatic heterocycles. The number of fused-ring (bicyclic) bond motifs is 1. The van der Waals surface area contributed by atoms with Crippen LogP contribution in [0, 0.1) is 12.5 Å². The molecule has 2 aromatic rings. The maximum absolute atomic E-state index is 12.5. The molecule has 2 rings (SSSR count). The van der Waals surface area contributed by atoms with Gasteiger partial charge in [0, 0.05) is 16.6 Å². The van der Waals surface area contributed by atoms with Crippen LogP contribution in [-0.4, -0.2) is 29.1 Å². The van der Waals surface area contributed by atoms with Gasteiger partial charge in [0.15, 0.2) is 0 Å². The van der Waals surface area contributed by atoms with Crippen LogP contribution in [0.3, 0.4) is 0 Å². The number of rotatable bonds is 7. The summed E-state index contributed by atoms with van der Waals surface area (Å²) in [6, 6.07) is 10.1. The van der Waals surface area contributed by atoms with E-state index in [1.54, 1.807) is 18.7 Å². The molecule has 0 saturated heterocycles. The number of amides is 2. The second kappa shape index (κ2) is 9.14. The lowest BCUT2D eigenvalue weighted by Crippen LogP contribution is -2.52. The summed E-state index contributed by atoms with van der Waals surface area (Å²) in [6.07, 6.45) is -0.297. The van der Waals surface area contributed by atoms with Gasteiger partial charge in [-0.1, -0.05) is 41.9 Å². The molecule has 0 aromatic heterocycles. The van der Waals surface area contributed by atoms with Crippen LogP contribution in [0.25, 0.3) is 10.8 Å². The number of aliphatic hydroxyl groups excluding tert-OH is 1.